The molecule has 0 unspecified atom stereocenters. The Morgan fingerprint density at radius 2 is 2.15 bits per heavy atom. The SMILES string of the molecule is Cc1ccccc1-c1cc(O)c2c(c1)CN(C(=O)Cn1cnnn1)CCO2. The van der Waals surface area contributed by atoms with Crippen LogP contribution in [0.2, 0.25) is 0 Å². The Morgan fingerprint density at radius 1 is 1.30 bits per heavy atom. The number of phenols is 1. The van der Waals surface area contributed by atoms with E-state index in [9.17, 15) is 9.90 Å². The van der Waals surface area contributed by atoms with Crippen molar-refractivity contribution < 1.29 is 14.6 Å². The van der Waals surface area contributed by atoms with Crippen LogP contribution >= 0.6 is 0 Å². The number of aromatic nitrogens is 4. The van der Waals surface area contributed by atoms with Crippen LogP contribution in [0.25, 0.3) is 11.1 Å². The van der Waals surface area contributed by atoms with Crippen molar-refractivity contribution in [2.75, 3.05) is 13.2 Å². The quantitative estimate of drug-likeness (QED) is 0.760. The van der Waals surface area contributed by atoms with Gasteiger partial charge in [0.25, 0.3) is 0 Å². The lowest BCUT2D eigenvalue weighted by molar-refractivity contribution is -0.132. The van der Waals surface area contributed by atoms with Gasteiger partial charge in [0.2, 0.25) is 5.91 Å². The minimum absolute atomic E-state index is 0.0613. The number of aryl methyl sites for hydroxylation is 1. The lowest BCUT2D eigenvalue weighted by atomic mass is 9.98. The fraction of sp³-hybridized carbons (Fsp3) is 0.263. The molecule has 0 saturated carbocycles. The van der Waals surface area contributed by atoms with Crippen LogP contribution in [0, 0.1) is 6.92 Å². The number of ether oxygens (including phenoxy) is 1. The molecular formula is C19H19N5O3. The van der Waals surface area contributed by atoms with E-state index in [0.29, 0.717) is 25.4 Å². The minimum Gasteiger partial charge on any atom is -0.504 e. The highest BCUT2D eigenvalue weighted by Crippen LogP contribution is 2.38. The van der Waals surface area contributed by atoms with Crippen molar-refractivity contribution in [1.82, 2.24) is 25.1 Å². The van der Waals surface area contributed by atoms with Gasteiger partial charge in [0, 0.05) is 12.1 Å². The summed E-state index contributed by atoms with van der Waals surface area (Å²) in [5.74, 6) is 0.408. The standard InChI is InChI=1S/C19H19N5O3/c1-13-4-2-3-5-16(13)14-8-15-10-23(6-7-27-19(15)17(25)9-14)18(26)11-24-12-20-21-22-24/h2-5,8-9,12,25H,6-7,10-11H2,1H3. The lowest BCUT2D eigenvalue weighted by Gasteiger charge is -2.20. The first-order valence-corrected chi connectivity index (χ1v) is 8.65. The number of tetrazole rings is 1. The van der Waals surface area contributed by atoms with Gasteiger partial charge in [-0.25, -0.2) is 4.68 Å². The maximum Gasteiger partial charge on any atom is 0.244 e. The Kier molecular flexibility index (Phi) is 4.45. The summed E-state index contributed by atoms with van der Waals surface area (Å²) < 4.78 is 7.11. The van der Waals surface area contributed by atoms with Crippen LogP contribution in [0.15, 0.2) is 42.7 Å². The Balaban J connectivity index is 1.65. The van der Waals surface area contributed by atoms with Crippen LogP contribution in [-0.2, 0) is 17.9 Å². The molecule has 8 nitrogen and oxygen atoms in total. The summed E-state index contributed by atoms with van der Waals surface area (Å²) in [7, 11) is 0. The maximum atomic E-state index is 12.6. The molecule has 8 heteroatoms. The van der Waals surface area contributed by atoms with Gasteiger partial charge in [0.05, 0.1) is 6.54 Å². The zero-order chi connectivity index (χ0) is 18.8. The van der Waals surface area contributed by atoms with Crippen LogP contribution in [0.4, 0.5) is 0 Å². The first-order valence-electron chi connectivity index (χ1n) is 8.65. The average Bonchev–Trinajstić information content (AvgIpc) is 3.05. The molecule has 3 aromatic rings. The number of amides is 1. The molecule has 0 bridgehead atoms. The first-order chi connectivity index (χ1) is 13.1. The van der Waals surface area contributed by atoms with Crippen molar-refractivity contribution in [2.24, 2.45) is 0 Å². The second-order valence-electron chi connectivity index (χ2n) is 6.47. The van der Waals surface area contributed by atoms with Gasteiger partial charge < -0.3 is 14.7 Å². The monoisotopic (exact) mass is 365 g/mol. The van der Waals surface area contributed by atoms with Crippen LogP contribution in [0.5, 0.6) is 11.5 Å². The van der Waals surface area contributed by atoms with Gasteiger partial charge in [-0.1, -0.05) is 24.3 Å². The summed E-state index contributed by atoms with van der Waals surface area (Å²) in [5.41, 5.74) is 3.81. The second kappa shape index (κ2) is 7.06. The normalized spacial score (nSPS) is 13.6. The van der Waals surface area contributed by atoms with Crippen LogP contribution in [0.3, 0.4) is 0 Å². The molecule has 0 radical (unpaired) electrons. The molecule has 0 saturated heterocycles. The molecule has 2 aromatic carbocycles. The Bertz CT molecular complexity index is 971. The van der Waals surface area contributed by atoms with Gasteiger partial charge >= 0.3 is 0 Å². The van der Waals surface area contributed by atoms with Crippen molar-refractivity contribution >= 4 is 5.91 Å². The molecule has 0 spiro atoms. The van der Waals surface area contributed by atoms with Crippen LogP contribution in [0.1, 0.15) is 11.1 Å². The fourth-order valence-corrected chi connectivity index (χ4v) is 3.26. The van der Waals surface area contributed by atoms with Crippen molar-refractivity contribution in [1.29, 1.82) is 0 Å². The summed E-state index contributed by atoms with van der Waals surface area (Å²) >= 11 is 0. The number of aromatic hydroxyl groups is 1. The fourth-order valence-electron chi connectivity index (χ4n) is 3.26. The Morgan fingerprint density at radius 3 is 2.93 bits per heavy atom. The number of rotatable bonds is 3. The van der Waals surface area contributed by atoms with E-state index in [1.807, 2.05) is 37.3 Å². The maximum absolute atomic E-state index is 12.6. The zero-order valence-electron chi connectivity index (χ0n) is 14.9. The molecule has 1 amide bonds. The third-order valence-corrected chi connectivity index (χ3v) is 4.61. The number of nitrogens with zero attached hydrogens (tertiary/aromatic N) is 5. The molecule has 0 aliphatic carbocycles. The summed E-state index contributed by atoms with van der Waals surface area (Å²) in [5, 5.41) is 21.3. The topological polar surface area (TPSA) is 93.4 Å². The highest BCUT2D eigenvalue weighted by Gasteiger charge is 2.23. The number of fused-ring (bicyclic) bond motifs is 1. The van der Waals surface area contributed by atoms with Gasteiger partial charge in [-0.15, -0.1) is 5.10 Å². The number of carbonyl (C=O) groups is 1. The van der Waals surface area contributed by atoms with E-state index in [-0.39, 0.29) is 18.2 Å². The minimum atomic E-state index is -0.112. The Hall–Kier alpha value is -3.42. The Labute approximate surface area is 156 Å². The number of hydrogen-bond acceptors (Lipinski definition) is 6. The highest BCUT2D eigenvalue weighted by atomic mass is 16.5. The van der Waals surface area contributed by atoms with Gasteiger partial charge in [0.15, 0.2) is 11.5 Å². The second-order valence-corrected chi connectivity index (χ2v) is 6.47. The predicted octanol–water partition coefficient (Wildman–Crippen LogP) is 1.78. The third-order valence-electron chi connectivity index (χ3n) is 4.61. The molecular weight excluding hydrogens is 346 g/mol. The molecule has 1 aliphatic heterocycles. The summed E-state index contributed by atoms with van der Waals surface area (Å²) in [6, 6.07) is 11.7. The van der Waals surface area contributed by atoms with Crippen LogP contribution < -0.4 is 4.74 Å². The number of benzene rings is 2. The summed E-state index contributed by atoms with van der Waals surface area (Å²) in [6.07, 6.45) is 1.41. The molecule has 27 heavy (non-hydrogen) atoms. The van der Waals surface area contributed by atoms with Gasteiger partial charge in [-0.3, -0.25) is 4.79 Å². The van der Waals surface area contributed by atoms with E-state index >= 15 is 0 Å². The van der Waals surface area contributed by atoms with Crippen molar-refractivity contribution in [3.63, 3.8) is 0 Å². The van der Waals surface area contributed by atoms with E-state index in [4.69, 9.17) is 4.74 Å². The zero-order valence-corrected chi connectivity index (χ0v) is 14.9. The molecule has 1 aromatic heterocycles. The van der Waals surface area contributed by atoms with Crippen LogP contribution in [-0.4, -0.2) is 49.3 Å². The molecule has 2 heterocycles. The number of phenolic OH excluding ortho intramolecular Hbond substituents is 1. The lowest BCUT2D eigenvalue weighted by Crippen LogP contribution is -2.35. The van der Waals surface area contributed by atoms with E-state index < -0.39 is 0 Å². The van der Waals surface area contributed by atoms with Gasteiger partial charge in [-0.2, -0.15) is 0 Å². The predicted molar refractivity (Wildman–Crippen MR) is 97.0 cm³/mol. The number of carbonyl (C=O) groups excluding carboxylic acids is 1. The number of hydrogen-bond donors (Lipinski definition) is 1. The molecule has 138 valence electrons. The molecule has 4 rings (SSSR count). The van der Waals surface area contributed by atoms with Crippen molar-refractivity contribution in [3.05, 3.63) is 53.9 Å². The summed E-state index contributed by atoms with van der Waals surface area (Å²) in [4.78, 5) is 14.3. The molecule has 1 aliphatic rings. The first kappa shape index (κ1) is 17.0. The molecule has 1 N–H and O–H groups in total. The van der Waals surface area contributed by atoms with Crippen molar-refractivity contribution in [2.45, 2.75) is 20.0 Å². The van der Waals surface area contributed by atoms with Crippen molar-refractivity contribution in [3.8, 4) is 22.6 Å². The van der Waals surface area contributed by atoms with Gasteiger partial charge in [0.1, 0.15) is 19.5 Å². The molecule has 0 atom stereocenters. The average molecular weight is 365 g/mol. The van der Waals surface area contributed by atoms with Gasteiger partial charge in [-0.05, 0) is 46.2 Å². The smallest absolute Gasteiger partial charge is 0.244 e. The largest absolute Gasteiger partial charge is 0.504 e. The highest BCUT2D eigenvalue weighted by molar-refractivity contribution is 5.77. The van der Waals surface area contributed by atoms with E-state index in [2.05, 4.69) is 15.5 Å². The third kappa shape index (κ3) is 3.46. The van der Waals surface area contributed by atoms with E-state index in [1.54, 1.807) is 11.0 Å². The van der Waals surface area contributed by atoms with E-state index in [0.717, 1.165) is 22.3 Å². The summed E-state index contributed by atoms with van der Waals surface area (Å²) in [6.45, 7) is 3.17. The van der Waals surface area contributed by atoms with E-state index in [1.165, 1.54) is 11.0 Å². The molecule has 0 fully saturated rings.